The highest BCUT2D eigenvalue weighted by atomic mass is 35.5. The van der Waals surface area contributed by atoms with Gasteiger partial charge in [0.05, 0.1) is 16.3 Å². The minimum absolute atomic E-state index is 0.301. The number of carbonyl (C=O) groups excluding carboxylic acids is 2. The van der Waals surface area contributed by atoms with Gasteiger partial charge in [0.2, 0.25) is 0 Å². The normalized spacial score (nSPS) is 18.0. The van der Waals surface area contributed by atoms with Crippen molar-refractivity contribution in [2.75, 3.05) is 28.6 Å². The average Bonchev–Trinajstić information content (AvgIpc) is 2.81. The summed E-state index contributed by atoms with van der Waals surface area (Å²) < 4.78 is 0. The Morgan fingerprint density at radius 2 is 1.67 bits per heavy atom. The van der Waals surface area contributed by atoms with Gasteiger partial charge in [0.25, 0.3) is 11.8 Å². The fourth-order valence-corrected chi connectivity index (χ4v) is 3.99. The number of hydrogen-bond donors (Lipinski definition) is 3. The Hall–Kier alpha value is -3.49. The third kappa shape index (κ3) is 5.66. The molecule has 1 aromatic carbocycles. The molecule has 3 heterocycles. The second kappa shape index (κ2) is 9.97. The van der Waals surface area contributed by atoms with Gasteiger partial charge in [-0.3, -0.25) is 14.6 Å². The largest absolute Gasteiger partial charge is 0.354 e. The molecule has 9 heteroatoms. The van der Waals surface area contributed by atoms with Gasteiger partial charge < -0.3 is 20.9 Å². The van der Waals surface area contributed by atoms with Crippen molar-refractivity contribution in [2.45, 2.75) is 25.9 Å². The summed E-state index contributed by atoms with van der Waals surface area (Å²) in [7, 11) is 0. The number of anilines is 3. The zero-order chi connectivity index (χ0) is 23.4. The Morgan fingerprint density at radius 1 is 0.970 bits per heavy atom. The standard InChI is InChI=1S/C24H25ClN6O2/c1-15-13-31(14-16(2)28-15)22-6-3-18(12-27-22)24(33)29-19-4-5-20(25)21(11-19)30-23(32)17-7-9-26-10-8-17/h3-12,15-16,28H,13-14H2,1-2H3,(H,29,33)(H,30,32)/t15-,16+. The molecule has 0 unspecified atom stereocenters. The molecule has 3 N–H and O–H groups in total. The number of piperazine rings is 1. The minimum atomic E-state index is -0.320. The number of nitrogens with zero attached hydrogens (tertiary/aromatic N) is 3. The molecule has 0 radical (unpaired) electrons. The first-order valence-electron chi connectivity index (χ1n) is 10.7. The van der Waals surface area contributed by atoms with Gasteiger partial charge in [-0.15, -0.1) is 0 Å². The van der Waals surface area contributed by atoms with E-state index in [2.05, 4.69) is 44.7 Å². The van der Waals surface area contributed by atoms with Crippen molar-refractivity contribution in [3.63, 3.8) is 0 Å². The quantitative estimate of drug-likeness (QED) is 0.531. The van der Waals surface area contributed by atoms with E-state index in [1.54, 1.807) is 42.6 Å². The Kier molecular flexibility index (Phi) is 6.86. The van der Waals surface area contributed by atoms with Crippen LogP contribution in [0.1, 0.15) is 34.6 Å². The highest BCUT2D eigenvalue weighted by Crippen LogP contribution is 2.26. The van der Waals surface area contributed by atoms with E-state index in [1.165, 1.54) is 12.4 Å². The van der Waals surface area contributed by atoms with E-state index in [-0.39, 0.29) is 11.8 Å². The van der Waals surface area contributed by atoms with Crippen molar-refractivity contribution in [3.8, 4) is 0 Å². The molecule has 0 saturated carbocycles. The number of hydrogen-bond acceptors (Lipinski definition) is 6. The van der Waals surface area contributed by atoms with Crippen molar-refractivity contribution in [2.24, 2.45) is 0 Å². The van der Waals surface area contributed by atoms with Crippen LogP contribution in [-0.4, -0.2) is 47.0 Å². The van der Waals surface area contributed by atoms with Gasteiger partial charge in [0, 0.05) is 55.0 Å². The molecular weight excluding hydrogens is 440 g/mol. The van der Waals surface area contributed by atoms with Gasteiger partial charge in [0.15, 0.2) is 0 Å². The Balaban J connectivity index is 1.43. The van der Waals surface area contributed by atoms with E-state index in [1.807, 2.05) is 6.07 Å². The van der Waals surface area contributed by atoms with Gasteiger partial charge in [-0.1, -0.05) is 11.6 Å². The van der Waals surface area contributed by atoms with Crippen LogP contribution in [0.25, 0.3) is 0 Å². The first-order chi connectivity index (χ1) is 15.9. The van der Waals surface area contributed by atoms with Crippen molar-refractivity contribution >= 4 is 40.6 Å². The molecule has 1 aliphatic rings. The summed E-state index contributed by atoms with van der Waals surface area (Å²) in [6.07, 6.45) is 4.65. The summed E-state index contributed by atoms with van der Waals surface area (Å²) in [5.74, 6) is 0.225. The number of aromatic nitrogens is 2. The molecule has 3 aromatic rings. The molecule has 170 valence electrons. The molecule has 2 amide bonds. The van der Waals surface area contributed by atoms with Crippen LogP contribution in [0, 0.1) is 0 Å². The Morgan fingerprint density at radius 3 is 2.33 bits per heavy atom. The van der Waals surface area contributed by atoms with E-state index in [9.17, 15) is 9.59 Å². The number of carbonyl (C=O) groups is 2. The zero-order valence-corrected chi connectivity index (χ0v) is 19.1. The van der Waals surface area contributed by atoms with Gasteiger partial charge >= 0.3 is 0 Å². The third-order valence-electron chi connectivity index (χ3n) is 5.31. The highest BCUT2D eigenvalue weighted by molar-refractivity contribution is 6.34. The first kappa shape index (κ1) is 22.7. The van der Waals surface area contributed by atoms with Gasteiger partial charge in [-0.2, -0.15) is 0 Å². The fourth-order valence-electron chi connectivity index (χ4n) is 3.82. The minimum Gasteiger partial charge on any atom is -0.354 e. The number of amides is 2. The van der Waals surface area contributed by atoms with Gasteiger partial charge in [-0.05, 0) is 56.3 Å². The van der Waals surface area contributed by atoms with Crippen molar-refractivity contribution in [1.29, 1.82) is 0 Å². The lowest BCUT2D eigenvalue weighted by Gasteiger charge is -2.36. The number of rotatable bonds is 5. The van der Waals surface area contributed by atoms with Crippen LogP contribution >= 0.6 is 11.6 Å². The van der Waals surface area contributed by atoms with Crippen LogP contribution < -0.4 is 20.9 Å². The predicted octanol–water partition coefficient (Wildman–Crippen LogP) is 3.82. The SMILES string of the molecule is C[C@@H]1CN(c2ccc(C(=O)Nc3ccc(Cl)c(NC(=O)c4ccncc4)c3)cn2)C[C@H](C)N1. The van der Waals surface area contributed by atoms with Crippen LogP contribution in [-0.2, 0) is 0 Å². The number of halogens is 1. The van der Waals surface area contributed by atoms with E-state index in [4.69, 9.17) is 11.6 Å². The molecule has 4 rings (SSSR count). The number of benzene rings is 1. The molecule has 2 aromatic heterocycles. The number of pyridine rings is 2. The maximum atomic E-state index is 12.7. The molecule has 8 nitrogen and oxygen atoms in total. The lowest BCUT2D eigenvalue weighted by molar-refractivity contribution is 0.101. The molecule has 0 spiro atoms. The molecule has 0 bridgehead atoms. The summed E-state index contributed by atoms with van der Waals surface area (Å²) in [6.45, 7) is 6.01. The maximum Gasteiger partial charge on any atom is 0.257 e. The Labute approximate surface area is 197 Å². The molecule has 2 atom stereocenters. The average molecular weight is 465 g/mol. The summed E-state index contributed by atoms with van der Waals surface area (Å²) >= 11 is 6.23. The van der Waals surface area contributed by atoms with Gasteiger partial charge in [-0.25, -0.2) is 4.98 Å². The first-order valence-corrected chi connectivity index (χ1v) is 11.1. The lowest BCUT2D eigenvalue weighted by atomic mass is 10.1. The highest BCUT2D eigenvalue weighted by Gasteiger charge is 2.22. The van der Waals surface area contributed by atoms with Gasteiger partial charge in [0.1, 0.15) is 5.82 Å². The molecule has 0 aliphatic carbocycles. The Bertz CT molecular complexity index is 1130. The fraction of sp³-hybridized carbons (Fsp3) is 0.250. The molecular formula is C24H25ClN6O2. The summed E-state index contributed by atoms with van der Waals surface area (Å²) in [4.78, 5) is 35.8. The smallest absolute Gasteiger partial charge is 0.257 e. The molecule has 1 aliphatic heterocycles. The zero-order valence-electron chi connectivity index (χ0n) is 18.4. The van der Waals surface area contributed by atoms with Crippen molar-refractivity contribution in [3.05, 3.63) is 77.2 Å². The summed E-state index contributed by atoms with van der Waals surface area (Å²) in [6, 6.07) is 12.5. The van der Waals surface area contributed by atoms with Crippen LogP contribution in [0.2, 0.25) is 5.02 Å². The summed E-state index contributed by atoms with van der Waals surface area (Å²) in [5.41, 5.74) is 1.79. The van der Waals surface area contributed by atoms with E-state index >= 15 is 0 Å². The van der Waals surface area contributed by atoms with E-state index in [0.717, 1.165) is 18.9 Å². The monoisotopic (exact) mass is 464 g/mol. The van der Waals surface area contributed by atoms with Crippen LogP contribution in [0.15, 0.2) is 61.1 Å². The summed E-state index contributed by atoms with van der Waals surface area (Å²) in [5, 5.41) is 9.44. The van der Waals surface area contributed by atoms with E-state index in [0.29, 0.717) is 39.6 Å². The molecule has 1 fully saturated rings. The second-order valence-electron chi connectivity index (χ2n) is 8.12. The van der Waals surface area contributed by atoms with E-state index < -0.39 is 0 Å². The molecule has 33 heavy (non-hydrogen) atoms. The molecule has 1 saturated heterocycles. The second-order valence-corrected chi connectivity index (χ2v) is 8.52. The lowest BCUT2D eigenvalue weighted by Crippen LogP contribution is -2.54. The van der Waals surface area contributed by atoms with Crippen molar-refractivity contribution in [1.82, 2.24) is 15.3 Å². The topological polar surface area (TPSA) is 99.3 Å². The van der Waals surface area contributed by atoms with Crippen LogP contribution in [0.3, 0.4) is 0 Å². The number of nitrogens with one attached hydrogen (secondary N) is 3. The van der Waals surface area contributed by atoms with Crippen LogP contribution in [0.5, 0.6) is 0 Å². The maximum absolute atomic E-state index is 12.7. The van der Waals surface area contributed by atoms with Crippen molar-refractivity contribution < 1.29 is 9.59 Å². The van der Waals surface area contributed by atoms with Crippen LogP contribution in [0.4, 0.5) is 17.2 Å². The third-order valence-corrected chi connectivity index (χ3v) is 5.64. The predicted molar refractivity (Wildman–Crippen MR) is 130 cm³/mol.